The molecule has 3 aromatic carbocycles. The molecule has 5 nitrogen and oxygen atoms in total. The minimum Gasteiger partial charge on any atom is -0.345 e. The highest BCUT2D eigenvalue weighted by Gasteiger charge is 2.36. The van der Waals surface area contributed by atoms with Crippen LogP contribution in [-0.2, 0) is 6.18 Å². The Balaban J connectivity index is 1.63. The predicted octanol–water partition coefficient (Wildman–Crippen LogP) is 6.76. The van der Waals surface area contributed by atoms with Crippen molar-refractivity contribution in [3.05, 3.63) is 101 Å². The zero-order chi connectivity index (χ0) is 25.4. The van der Waals surface area contributed by atoms with E-state index in [0.29, 0.717) is 16.5 Å². The molecule has 1 unspecified atom stereocenters. The van der Waals surface area contributed by atoms with Crippen molar-refractivity contribution >= 4 is 22.3 Å². The first kappa shape index (κ1) is 23.5. The van der Waals surface area contributed by atoms with Gasteiger partial charge >= 0.3 is 6.18 Å². The number of nitrogens with one attached hydrogen (secondary N) is 1. The normalized spacial score (nSPS) is 12.7. The maximum Gasteiger partial charge on any atom is 0.433 e. The minimum absolute atomic E-state index is 0.0202. The molecule has 5 aromatic rings. The van der Waals surface area contributed by atoms with Crippen molar-refractivity contribution < 1.29 is 18.0 Å². The van der Waals surface area contributed by atoms with Crippen LogP contribution in [-0.4, -0.2) is 20.5 Å². The number of benzene rings is 3. The van der Waals surface area contributed by atoms with E-state index in [4.69, 9.17) is 0 Å². The third-order valence-corrected chi connectivity index (χ3v) is 6.27. The molecular formula is C28H23F3N4O. The third kappa shape index (κ3) is 4.30. The van der Waals surface area contributed by atoms with Crippen LogP contribution < -0.4 is 5.32 Å². The molecule has 0 fully saturated rings. The summed E-state index contributed by atoms with van der Waals surface area (Å²) in [6, 6.07) is 21.2. The van der Waals surface area contributed by atoms with Gasteiger partial charge in [0.2, 0.25) is 0 Å². The van der Waals surface area contributed by atoms with Gasteiger partial charge in [0.15, 0.2) is 11.3 Å². The van der Waals surface area contributed by atoms with Gasteiger partial charge in [-0.15, -0.1) is 0 Å². The Morgan fingerprint density at radius 2 is 1.75 bits per heavy atom. The Morgan fingerprint density at radius 1 is 1.03 bits per heavy atom. The van der Waals surface area contributed by atoms with E-state index < -0.39 is 17.8 Å². The van der Waals surface area contributed by atoms with Gasteiger partial charge in [-0.05, 0) is 35.7 Å². The predicted molar refractivity (Wildman–Crippen MR) is 133 cm³/mol. The third-order valence-electron chi connectivity index (χ3n) is 6.27. The van der Waals surface area contributed by atoms with E-state index in [1.165, 1.54) is 0 Å². The van der Waals surface area contributed by atoms with Crippen LogP contribution in [0, 0.1) is 6.92 Å². The van der Waals surface area contributed by atoms with Crippen LogP contribution in [0.4, 0.5) is 13.2 Å². The highest BCUT2D eigenvalue weighted by atomic mass is 19.4. The Hall–Kier alpha value is -4.20. The minimum atomic E-state index is -4.70. The molecule has 2 heterocycles. The number of nitrogens with zero attached hydrogens (tertiary/aromatic N) is 3. The molecule has 0 bridgehead atoms. The second-order valence-electron chi connectivity index (χ2n) is 8.69. The van der Waals surface area contributed by atoms with Crippen molar-refractivity contribution in [1.29, 1.82) is 0 Å². The molecule has 0 aliphatic carbocycles. The summed E-state index contributed by atoms with van der Waals surface area (Å²) in [6.07, 6.45) is -2.95. The van der Waals surface area contributed by atoms with E-state index >= 15 is 0 Å². The Kier molecular flexibility index (Phi) is 5.96. The van der Waals surface area contributed by atoms with Crippen LogP contribution in [0.15, 0.2) is 79.0 Å². The molecule has 0 saturated heterocycles. The number of carbonyl (C=O) groups is 1. The summed E-state index contributed by atoms with van der Waals surface area (Å²) in [7, 11) is 0. The first-order valence-corrected chi connectivity index (χ1v) is 11.6. The lowest BCUT2D eigenvalue weighted by atomic mass is 10.0. The molecule has 2 aromatic heterocycles. The summed E-state index contributed by atoms with van der Waals surface area (Å²) < 4.78 is 42.9. The molecule has 36 heavy (non-hydrogen) atoms. The second kappa shape index (κ2) is 9.11. The van der Waals surface area contributed by atoms with Crippen LogP contribution in [0.25, 0.3) is 27.7 Å². The molecule has 1 N–H and O–H groups in total. The number of carbonyl (C=O) groups excluding carboxylic acids is 1. The van der Waals surface area contributed by atoms with Crippen LogP contribution in [0.1, 0.15) is 46.6 Å². The fourth-order valence-corrected chi connectivity index (χ4v) is 4.37. The van der Waals surface area contributed by atoms with E-state index in [-0.39, 0.29) is 22.9 Å². The summed E-state index contributed by atoms with van der Waals surface area (Å²) in [5.41, 5.74) is 1.49. The lowest BCUT2D eigenvalue weighted by Gasteiger charge is -2.17. The highest BCUT2D eigenvalue weighted by molar-refractivity contribution is 6.01. The summed E-state index contributed by atoms with van der Waals surface area (Å²) in [5, 5.41) is 8.46. The number of aryl methyl sites for hydroxylation is 1. The Labute approximate surface area is 205 Å². The quantitative estimate of drug-likeness (QED) is 0.297. The molecule has 0 aliphatic rings. The van der Waals surface area contributed by atoms with Crippen molar-refractivity contribution in [1.82, 2.24) is 19.9 Å². The summed E-state index contributed by atoms with van der Waals surface area (Å²) >= 11 is 0. The first-order valence-electron chi connectivity index (χ1n) is 11.6. The number of halogens is 3. The molecule has 0 saturated carbocycles. The molecule has 0 radical (unpaired) electrons. The largest absolute Gasteiger partial charge is 0.433 e. The van der Waals surface area contributed by atoms with Crippen LogP contribution in [0.5, 0.6) is 0 Å². The number of hydrogen-bond acceptors (Lipinski definition) is 3. The van der Waals surface area contributed by atoms with Gasteiger partial charge in [0, 0.05) is 5.56 Å². The van der Waals surface area contributed by atoms with Crippen LogP contribution in [0.2, 0.25) is 0 Å². The van der Waals surface area contributed by atoms with Gasteiger partial charge in [-0.3, -0.25) is 4.79 Å². The molecule has 1 amide bonds. The summed E-state index contributed by atoms with van der Waals surface area (Å²) in [5.74, 6) is -0.534. The fourth-order valence-electron chi connectivity index (χ4n) is 4.37. The zero-order valence-electron chi connectivity index (χ0n) is 19.7. The summed E-state index contributed by atoms with van der Waals surface area (Å²) in [6.45, 7) is 3.90. The number of alkyl halides is 3. The molecule has 0 spiro atoms. The molecule has 182 valence electrons. The molecule has 0 aliphatic heterocycles. The van der Waals surface area contributed by atoms with Gasteiger partial charge in [0.1, 0.15) is 5.56 Å². The maximum atomic E-state index is 14.1. The van der Waals surface area contributed by atoms with E-state index in [1.807, 2.05) is 68.4 Å². The van der Waals surface area contributed by atoms with E-state index in [9.17, 15) is 18.0 Å². The molecule has 5 rings (SSSR count). The average molecular weight is 489 g/mol. The smallest absolute Gasteiger partial charge is 0.345 e. The molecular weight excluding hydrogens is 465 g/mol. The van der Waals surface area contributed by atoms with Crippen molar-refractivity contribution in [3.8, 4) is 11.3 Å². The van der Waals surface area contributed by atoms with Crippen molar-refractivity contribution in [2.24, 2.45) is 0 Å². The van der Waals surface area contributed by atoms with Gasteiger partial charge in [0.25, 0.3) is 5.91 Å². The van der Waals surface area contributed by atoms with Gasteiger partial charge in [-0.25, -0.2) is 9.50 Å². The van der Waals surface area contributed by atoms with Crippen molar-refractivity contribution in [2.45, 2.75) is 32.5 Å². The molecule has 1 atom stereocenters. The molecule has 8 heteroatoms. The van der Waals surface area contributed by atoms with Crippen LogP contribution >= 0.6 is 0 Å². The lowest BCUT2D eigenvalue weighted by molar-refractivity contribution is -0.142. The van der Waals surface area contributed by atoms with Gasteiger partial charge in [-0.1, -0.05) is 79.2 Å². The van der Waals surface area contributed by atoms with Gasteiger partial charge in [0.05, 0.1) is 17.9 Å². The number of amides is 1. The zero-order valence-corrected chi connectivity index (χ0v) is 19.7. The van der Waals surface area contributed by atoms with E-state index in [0.717, 1.165) is 34.2 Å². The van der Waals surface area contributed by atoms with E-state index in [1.54, 1.807) is 12.1 Å². The number of fused-ring (bicyclic) bond motifs is 2. The Morgan fingerprint density at radius 3 is 2.47 bits per heavy atom. The number of hydrogen-bond donors (Lipinski definition) is 1. The fraction of sp³-hybridized carbons (Fsp3) is 0.179. The van der Waals surface area contributed by atoms with E-state index in [2.05, 4.69) is 15.4 Å². The lowest BCUT2D eigenvalue weighted by Crippen LogP contribution is -2.28. The van der Waals surface area contributed by atoms with Crippen molar-refractivity contribution in [3.63, 3.8) is 0 Å². The Bertz CT molecular complexity index is 1570. The highest BCUT2D eigenvalue weighted by Crippen LogP contribution is 2.35. The average Bonchev–Trinajstić information content (AvgIpc) is 3.30. The van der Waals surface area contributed by atoms with Crippen LogP contribution in [0.3, 0.4) is 0 Å². The summed E-state index contributed by atoms with van der Waals surface area (Å²) in [4.78, 5) is 17.8. The maximum absolute atomic E-state index is 14.1. The SMILES string of the molecule is CCC(NC(=O)c1cnn2c(C(F)(F)F)cc(-c3cccc4ccccc34)nc12)c1ccc(C)cc1. The van der Waals surface area contributed by atoms with Gasteiger partial charge in [-0.2, -0.15) is 18.3 Å². The second-order valence-corrected chi connectivity index (χ2v) is 8.69. The first-order chi connectivity index (χ1) is 17.3. The standard InChI is InChI=1S/C28H23F3N4O/c1-3-23(19-13-11-17(2)12-14-19)34-27(36)22-16-32-35-25(28(29,30)31)15-24(33-26(22)35)21-10-6-8-18-7-4-5-9-20(18)21/h4-16,23H,3H2,1-2H3,(H,34,36). The number of rotatable bonds is 5. The van der Waals surface area contributed by atoms with Crippen molar-refractivity contribution in [2.75, 3.05) is 0 Å². The number of aromatic nitrogens is 3. The topological polar surface area (TPSA) is 59.3 Å². The van der Waals surface area contributed by atoms with Gasteiger partial charge < -0.3 is 5.32 Å². The monoisotopic (exact) mass is 488 g/mol.